The summed E-state index contributed by atoms with van der Waals surface area (Å²) in [5, 5.41) is 13.3. The molecule has 6 heteroatoms. The predicted molar refractivity (Wildman–Crippen MR) is 81.1 cm³/mol. The zero-order valence-corrected chi connectivity index (χ0v) is 12.2. The Labute approximate surface area is 126 Å². The number of carboxylic acids is 1. The lowest BCUT2D eigenvalue weighted by atomic mass is 10.2. The molecule has 0 unspecified atom stereocenters. The van der Waals surface area contributed by atoms with Crippen LogP contribution in [0.15, 0.2) is 35.7 Å². The number of amides is 1. The first kappa shape index (κ1) is 14.9. The van der Waals surface area contributed by atoms with Crippen molar-refractivity contribution in [3.63, 3.8) is 0 Å². The van der Waals surface area contributed by atoms with Crippen molar-refractivity contribution in [1.29, 1.82) is 0 Å². The summed E-state index contributed by atoms with van der Waals surface area (Å²) in [6.07, 6.45) is 2.60. The van der Waals surface area contributed by atoms with Crippen LogP contribution in [-0.4, -0.2) is 22.0 Å². The van der Waals surface area contributed by atoms with Crippen molar-refractivity contribution in [2.45, 2.75) is 13.5 Å². The number of hydrogen-bond acceptors (Lipinski definition) is 4. The van der Waals surface area contributed by atoms with E-state index in [1.807, 2.05) is 24.4 Å². The van der Waals surface area contributed by atoms with E-state index in [2.05, 4.69) is 10.3 Å². The molecular formula is C15H14N2O3S. The molecular weight excluding hydrogens is 288 g/mol. The summed E-state index contributed by atoms with van der Waals surface area (Å²) in [4.78, 5) is 27.6. The van der Waals surface area contributed by atoms with Gasteiger partial charge < -0.3 is 10.4 Å². The first-order valence-electron chi connectivity index (χ1n) is 6.25. The third-order valence-electron chi connectivity index (χ3n) is 2.72. The largest absolute Gasteiger partial charge is 0.478 e. The Hall–Kier alpha value is -2.47. The summed E-state index contributed by atoms with van der Waals surface area (Å²) in [5.74, 6) is -1.25. The van der Waals surface area contributed by atoms with Gasteiger partial charge in [0.1, 0.15) is 5.69 Å². The van der Waals surface area contributed by atoms with Gasteiger partial charge in [0.05, 0.1) is 6.54 Å². The van der Waals surface area contributed by atoms with E-state index in [0.29, 0.717) is 12.2 Å². The highest BCUT2D eigenvalue weighted by molar-refractivity contribution is 7.10. The summed E-state index contributed by atoms with van der Waals surface area (Å²) in [6, 6.07) is 7.08. The van der Waals surface area contributed by atoms with Gasteiger partial charge in [-0.3, -0.25) is 4.79 Å². The van der Waals surface area contributed by atoms with Crippen molar-refractivity contribution in [3.8, 4) is 0 Å². The second kappa shape index (κ2) is 6.81. The maximum Gasteiger partial charge on any atom is 0.328 e. The summed E-state index contributed by atoms with van der Waals surface area (Å²) < 4.78 is 0. The van der Waals surface area contributed by atoms with Gasteiger partial charge in [-0.2, -0.15) is 0 Å². The molecule has 2 aromatic rings. The number of carbonyl (C=O) groups excluding carboxylic acids is 1. The molecule has 0 saturated heterocycles. The van der Waals surface area contributed by atoms with Crippen molar-refractivity contribution < 1.29 is 14.7 Å². The Balaban J connectivity index is 2.02. The molecule has 21 heavy (non-hydrogen) atoms. The Bertz CT molecular complexity index is 692. The van der Waals surface area contributed by atoms with E-state index < -0.39 is 5.97 Å². The van der Waals surface area contributed by atoms with Gasteiger partial charge >= 0.3 is 5.97 Å². The number of aryl methyl sites for hydroxylation is 1. The SMILES string of the molecule is Cc1cccc(C(=O)NCc2sccc2/C=C/C(=O)O)n1. The highest BCUT2D eigenvalue weighted by Gasteiger charge is 2.08. The number of carboxylic acid groups (broad SMARTS) is 1. The minimum atomic E-state index is -1.000. The first-order valence-corrected chi connectivity index (χ1v) is 7.13. The number of thiophene rings is 1. The van der Waals surface area contributed by atoms with Gasteiger partial charge in [0.2, 0.25) is 0 Å². The smallest absolute Gasteiger partial charge is 0.328 e. The van der Waals surface area contributed by atoms with Crippen molar-refractivity contribution in [2.75, 3.05) is 0 Å². The number of nitrogens with one attached hydrogen (secondary N) is 1. The van der Waals surface area contributed by atoms with Crippen LogP contribution in [0, 0.1) is 6.92 Å². The standard InChI is InChI=1S/C15H14N2O3S/c1-10-3-2-4-12(17-10)15(20)16-9-13-11(7-8-21-13)5-6-14(18)19/h2-8H,9H2,1H3,(H,16,20)(H,18,19)/b6-5+. The molecule has 0 aliphatic rings. The number of nitrogens with zero attached hydrogens (tertiary/aromatic N) is 1. The Kier molecular flexibility index (Phi) is 4.84. The lowest BCUT2D eigenvalue weighted by Gasteiger charge is -2.05. The lowest BCUT2D eigenvalue weighted by Crippen LogP contribution is -2.23. The van der Waals surface area contributed by atoms with E-state index in [-0.39, 0.29) is 5.91 Å². The van der Waals surface area contributed by atoms with Crippen molar-refractivity contribution in [1.82, 2.24) is 10.3 Å². The van der Waals surface area contributed by atoms with Crippen molar-refractivity contribution in [3.05, 3.63) is 57.6 Å². The Morgan fingerprint density at radius 2 is 2.19 bits per heavy atom. The number of carbonyl (C=O) groups is 2. The van der Waals surface area contributed by atoms with Crippen LogP contribution in [0.3, 0.4) is 0 Å². The van der Waals surface area contributed by atoms with E-state index in [0.717, 1.165) is 22.2 Å². The van der Waals surface area contributed by atoms with E-state index in [9.17, 15) is 9.59 Å². The predicted octanol–water partition coefficient (Wildman–Crippen LogP) is 2.48. The van der Waals surface area contributed by atoms with E-state index in [1.165, 1.54) is 17.4 Å². The molecule has 0 spiro atoms. The molecule has 0 aromatic carbocycles. The molecule has 0 saturated carbocycles. The number of rotatable bonds is 5. The first-order chi connectivity index (χ1) is 10.1. The van der Waals surface area contributed by atoms with Gasteiger partial charge in [0.15, 0.2) is 0 Å². The van der Waals surface area contributed by atoms with Gasteiger partial charge in [-0.1, -0.05) is 6.07 Å². The van der Waals surface area contributed by atoms with Crippen LogP contribution in [0.1, 0.15) is 26.6 Å². The van der Waals surface area contributed by atoms with Gasteiger partial charge in [-0.15, -0.1) is 11.3 Å². The van der Waals surface area contributed by atoms with Crippen LogP contribution in [-0.2, 0) is 11.3 Å². The average Bonchev–Trinajstić information content (AvgIpc) is 2.90. The molecule has 0 radical (unpaired) electrons. The van der Waals surface area contributed by atoms with Gasteiger partial charge in [0, 0.05) is 16.6 Å². The molecule has 5 nitrogen and oxygen atoms in total. The summed E-state index contributed by atoms with van der Waals surface area (Å²) in [6.45, 7) is 2.16. The molecule has 2 aromatic heterocycles. The fraction of sp³-hybridized carbons (Fsp3) is 0.133. The van der Waals surface area contributed by atoms with Crippen molar-refractivity contribution in [2.24, 2.45) is 0 Å². The molecule has 2 N–H and O–H groups in total. The average molecular weight is 302 g/mol. The van der Waals surface area contributed by atoms with Gasteiger partial charge in [-0.25, -0.2) is 9.78 Å². The fourth-order valence-corrected chi connectivity index (χ4v) is 2.53. The third-order valence-corrected chi connectivity index (χ3v) is 3.65. The maximum atomic E-state index is 12.0. The molecule has 0 fully saturated rings. The van der Waals surface area contributed by atoms with E-state index in [4.69, 9.17) is 5.11 Å². The topological polar surface area (TPSA) is 79.3 Å². The monoisotopic (exact) mass is 302 g/mol. The van der Waals surface area contributed by atoms with Crippen LogP contribution < -0.4 is 5.32 Å². The van der Waals surface area contributed by atoms with Gasteiger partial charge in [-0.05, 0) is 42.1 Å². The number of aliphatic carboxylic acids is 1. The quantitative estimate of drug-likeness (QED) is 0.832. The van der Waals surface area contributed by atoms with E-state index in [1.54, 1.807) is 12.1 Å². The zero-order chi connectivity index (χ0) is 15.2. The minimum absolute atomic E-state index is 0.250. The third kappa shape index (κ3) is 4.25. The summed E-state index contributed by atoms with van der Waals surface area (Å²) in [7, 11) is 0. The van der Waals surface area contributed by atoms with Crippen LogP contribution >= 0.6 is 11.3 Å². The summed E-state index contributed by atoms with van der Waals surface area (Å²) >= 11 is 1.46. The number of pyridine rings is 1. The molecule has 0 aliphatic carbocycles. The maximum absolute atomic E-state index is 12.0. The Morgan fingerprint density at radius 3 is 2.90 bits per heavy atom. The zero-order valence-electron chi connectivity index (χ0n) is 11.4. The number of hydrogen-bond donors (Lipinski definition) is 2. The molecule has 0 atom stereocenters. The second-order valence-electron chi connectivity index (χ2n) is 4.32. The van der Waals surface area contributed by atoms with Gasteiger partial charge in [0.25, 0.3) is 5.91 Å². The molecule has 2 rings (SSSR count). The van der Waals surface area contributed by atoms with E-state index >= 15 is 0 Å². The van der Waals surface area contributed by atoms with Crippen LogP contribution in [0.5, 0.6) is 0 Å². The molecule has 1 amide bonds. The van der Waals surface area contributed by atoms with Crippen molar-refractivity contribution >= 4 is 29.3 Å². The Morgan fingerprint density at radius 1 is 1.38 bits per heavy atom. The second-order valence-corrected chi connectivity index (χ2v) is 5.32. The highest BCUT2D eigenvalue weighted by Crippen LogP contribution is 2.18. The molecule has 0 bridgehead atoms. The van der Waals surface area contributed by atoms with Crippen LogP contribution in [0.2, 0.25) is 0 Å². The summed E-state index contributed by atoms with van der Waals surface area (Å²) in [5.41, 5.74) is 1.94. The normalized spacial score (nSPS) is 10.7. The molecule has 0 aliphatic heterocycles. The molecule has 108 valence electrons. The van der Waals surface area contributed by atoms with Crippen LogP contribution in [0.25, 0.3) is 6.08 Å². The number of aromatic nitrogens is 1. The fourth-order valence-electron chi connectivity index (χ4n) is 1.72. The molecule has 2 heterocycles. The minimum Gasteiger partial charge on any atom is -0.478 e. The highest BCUT2D eigenvalue weighted by atomic mass is 32.1. The lowest BCUT2D eigenvalue weighted by molar-refractivity contribution is -0.131. The van der Waals surface area contributed by atoms with Crippen LogP contribution in [0.4, 0.5) is 0 Å².